The third-order valence-corrected chi connectivity index (χ3v) is 5.60. The van der Waals surface area contributed by atoms with Crippen LogP contribution in [0.1, 0.15) is 48.1 Å². The number of aryl methyl sites for hydroxylation is 3. The van der Waals surface area contributed by atoms with Crippen LogP contribution in [0.3, 0.4) is 0 Å². The zero-order valence-corrected chi connectivity index (χ0v) is 13.3. The molecule has 1 saturated heterocycles. The second-order valence-electron chi connectivity index (χ2n) is 5.80. The second kappa shape index (κ2) is 6.19. The SMILES string of the molecule is Cc1cc(C)c(C(C)NC2CCS(=O)CC2)cc1C. The van der Waals surface area contributed by atoms with E-state index in [2.05, 4.69) is 45.1 Å². The van der Waals surface area contributed by atoms with E-state index >= 15 is 0 Å². The van der Waals surface area contributed by atoms with Crippen molar-refractivity contribution in [3.63, 3.8) is 0 Å². The Morgan fingerprint density at radius 3 is 2.32 bits per heavy atom. The Bertz CT molecular complexity index is 474. The molecule has 3 heteroatoms. The molecule has 0 aromatic heterocycles. The summed E-state index contributed by atoms with van der Waals surface area (Å²) in [7, 11) is -0.571. The van der Waals surface area contributed by atoms with Gasteiger partial charge in [-0.05, 0) is 62.8 Å². The number of hydrogen-bond donors (Lipinski definition) is 1. The van der Waals surface area contributed by atoms with Gasteiger partial charge in [0.05, 0.1) is 0 Å². The summed E-state index contributed by atoms with van der Waals surface area (Å²) in [5.41, 5.74) is 5.48. The smallest absolute Gasteiger partial charge is 0.0297 e. The first kappa shape index (κ1) is 14.7. The lowest BCUT2D eigenvalue weighted by atomic mass is 9.95. The molecule has 19 heavy (non-hydrogen) atoms. The van der Waals surface area contributed by atoms with Gasteiger partial charge in [0, 0.05) is 34.4 Å². The van der Waals surface area contributed by atoms with Gasteiger partial charge in [0.15, 0.2) is 0 Å². The summed E-state index contributed by atoms with van der Waals surface area (Å²) in [5, 5.41) is 3.71. The first-order chi connectivity index (χ1) is 8.97. The predicted molar refractivity (Wildman–Crippen MR) is 83.1 cm³/mol. The van der Waals surface area contributed by atoms with Crippen molar-refractivity contribution < 1.29 is 4.21 Å². The fraction of sp³-hybridized carbons (Fsp3) is 0.625. The van der Waals surface area contributed by atoms with Crippen LogP contribution in [0.2, 0.25) is 0 Å². The molecule has 1 heterocycles. The lowest BCUT2D eigenvalue weighted by Gasteiger charge is -2.27. The van der Waals surface area contributed by atoms with E-state index in [9.17, 15) is 4.21 Å². The van der Waals surface area contributed by atoms with E-state index in [1.54, 1.807) is 0 Å². The first-order valence-corrected chi connectivity index (χ1v) is 8.65. The van der Waals surface area contributed by atoms with Crippen LogP contribution in [0.25, 0.3) is 0 Å². The number of hydrogen-bond acceptors (Lipinski definition) is 2. The Labute approximate surface area is 119 Å². The monoisotopic (exact) mass is 279 g/mol. The van der Waals surface area contributed by atoms with Crippen LogP contribution in [0.4, 0.5) is 0 Å². The Balaban J connectivity index is 2.05. The molecule has 2 nitrogen and oxygen atoms in total. The topological polar surface area (TPSA) is 29.1 Å². The molecule has 1 aliphatic heterocycles. The molecule has 106 valence electrons. The van der Waals surface area contributed by atoms with Crippen LogP contribution < -0.4 is 5.32 Å². The third-order valence-electron chi connectivity index (χ3n) is 4.22. The van der Waals surface area contributed by atoms with Crippen molar-refractivity contribution in [1.82, 2.24) is 5.32 Å². The Kier molecular flexibility index (Phi) is 4.80. The standard InChI is InChI=1S/C16H25NOS/c1-11-9-13(3)16(10-12(11)2)14(4)17-15-5-7-19(18)8-6-15/h9-10,14-15,17H,5-8H2,1-4H3. The summed E-state index contributed by atoms with van der Waals surface area (Å²) in [6, 6.07) is 5.48. The molecule has 0 radical (unpaired) electrons. The second-order valence-corrected chi connectivity index (χ2v) is 7.50. The highest BCUT2D eigenvalue weighted by Crippen LogP contribution is 2.23. The van der Waals surface area contributed by atoms with Gasteiger partial charge in [-0.1, -0.05) is 12.1 Å². The lowest BCUT2D eigenvalue weighted by Crippen LogP contribution is -2.37. The zero-order valence-electron chi connectivity index (χ0n) is 12.5. The summed E-state index contributed by atoms with van der Waals surface area (Å²) in [4.78, 5) is 0. The number of benzene rings is 1. The van der Waals surface area contributed by atoms with Gasteiger partial charge in [-0.2, -0.15) is 0 Å². The van der Waals surface area contributed by atoms with E-state index in [0.29, 0.717) is 12.1 Å². The number of nitrogens with one attached hydrogen (secondary N) is 1. The average molecular weight is 279 g/mol. The van der Waals surface area contributed by atoms with E-state index in [1.807, 2.05) is 0 Å². The molecule has 0 bridgehead atoms. The minimum absolute atomic E-state index is 0.371. The molecule has 2 rings (SSSR count). The molecular formula is C16H25NOS. The summed E-state index contributed by atoms with van der Waals surface area (Å²) in [5.74, 6) is 1.71. The molecular weight excluding hydrogens is 254 g/mol. The van der Waals surface area contributed by atoms with Gasteiger partial charge in [0.25, 0.3) is 0 Å². The van der Waals surface area contributed by atoms with Crippen molar-refractivity contribution in [2.24, 2.45) is 0 Å². The average Bonchev–Trinajstić information content (AvgIpc) is 2.36. The quantitative estimate of drug-likeness (QED) is 0.921. The van der Waals surface area contributed by atoms with Gasteiger partial charge in [-0.3, -0.25) is 4.21 Å². The summed E-state index contributed by atoms with van der Waals surface area (Å²) >= 11 is 0. The van der Waals surface area contributed by atoms with Crippen LogP contribution in [0, 0.1) is 20.8 Å². The van der Waals surface area contributed by atoms with E-state index in [0.717, 1.165) is 24.3 Å². The maximum Gasteiger partial charge on any atom is 0.0297 e. The maximum atomic E-state index is 11.4. The molecule has 1 unspecified atom stereocenters. The van der Waals surface area contributed by atoms with Gasteiger partial charge in [0.2, 0.25) is 0 Å². The highest BCUT2D eigenvalue weighted by Gasteiger charge is 2.20. The lowest BCUT2D eigenvalue weighted by molar-refractivity contribution is 0.426. The fourth-order valence-electron chi connectivity index (χ4n) is 2.85. The van der Waals surface area contributed by atoms with Crippen LogP contribution in [-0.4, -0.2) is 21.8 Å². The largest absolute Gasteiger partial charge is 0.307 e. The molecule has 0 aliphatic carbocycles. The minimum atomic E-state index is -0.571. The van der Waals surface area contributed by atoms with E-state index in [-0.39, 0.29) is 0 Å². The molecule has 1 aliphatic rings. The van der Waals surface area contributed by atoms with Crippen molar-refractivity contribution in [2.45, 2.75) is 52.6 Å². The van der Waals surface area contributed by atoms with Gasteiger partial charge < -0.3 is 5.32 Å². The highest BCUT2D eigenvalue weighted by atomic mass is 32.2. The number of rotatable bonds is 3. The molecule has 1 aromatic rings. The zero-order chi connectivity index (χ0) is 14.0. The molecule has 0 spiro atoms. The molecule has 1 fully saturated rings. The molecule has 1 N–H and O–H groups in total. The Hall–Kier alpha value is -0.670. The van der Waals surface area contributed by atoms with E-state index < -0.39 is 10.8 Å². The molecule has 1 aromatic carbocycles. The summed E-state index contributed by atoms with van der Waals surface area (Å²) in [6.07, 6.45) is 2.09. The predicted octanol–water partition coefficient (Wildman–Crippen LogP) is 3.17. The van der Waals surface area contributed by atoms with E-state index in [4.69, 9.17) is 0 Å². The van der Waals surface area contributed by atoms with Gasteiger partial charge in [0.1, 0.15) is 0 Å². The van der Waals surface area contributed by atoms with Crippen molar-refractivity contribution in [1.29, 1.82) is 0 Å². The summed E-state index contributed by atoms with van der Waals surface area (Å²) < 4.78 is 11.4. The van der Waals surface area contributed by atoms with E-state index in [1.165, 1.54) is 22.3 Å². The molecule has 1 atom stereocenters. The van der Waals surface area contributed by atoms with Gasteiger partial charge >= 0.3 is 0 Å². The normalized spacial score (nSPS) is 25.3. The Morgan fingerprint density at radius 2 is 1.68 bits per heavy atom. The van der Waals surface area contributed by atoms with Gasteiger partial charge in [-0.25, -0.2) is 0 Å². The third kappa shape index (κ3) is 3.67. The highest BCUT2D eigenvalue weighted by molar-refractivity contribution is 7.85. The first-order valence-electron chi connectivity index (χ1n) is 7.16. The maximum absolute atomic E-state index is 11.4. The Morgan fingerprint density at radius 1 is 1.11 bits per heavy atom. The fourth-order valence-corrected chi connectivity index (χ4v) is 4.15. The van der Waals surface area contributed by atoms with Crippen LogP contribution in [-0.2, 0) is 10.8 Å². The molecule has 0 amide bonds. The van der Waals surface area contributed by atoms with Crippen molar-refractivity contribution >= 4 is 10.8 Å². The summed E-state index contributed by atoms with van der Waals surface area (Å²) in [6.45, 7) is 8.77. The minimum Gasteiger partial charge on any atom is -0.307 e. The van der Waals surface area contributed by atoms with Gasteiger partial charge in [-0.15, -0.1) is 0 Å². The van der Waals surface area contributed by atoms with Crippen molar-refractivity contribution in [3.8, 4) is 0 Å². The van der Waals surface area contributed by atoms with Crippen LogP contribution in [0.5, 0.6) is 0 Å². The van der Waals surface area contributed by atoms with Crippen molar-refractivity contribution in [2.75, 3.05) is 11.5 Å². The van der Waals surface area contributed by atoms with Crippen molar-refractivity contribution in [3.05, 3.63) is 34.4 Å². The molecule has 0 saturated carbocycles. The van der Waals surface area contributed by atoms with Crippen LogP contribution in [0.15, 0.2) is 12.1 Å². The van der Waals surface area contributed by atoms with Crippen LogP contribution >= 0.6 is 0 Å².